The molecule has 3 saturated heterocycles. The standard InChI is InChI=1S/C24H32O6S/c1-6-16(31-5)27-20-22(11(2)3)17(29-22)18-24(30-18)21(4)8-7-12-13(10-26-19(12)25)14(21)9-15-23(20,24)28-15/h11,14-18,20H,6-10H2,1-5H3/t14-,15?,16?,17-,18-,20+,21-,22-,23?,24+/m0/s1. The van der Waals surface area contributed by atoms with Crippen molar-refractivity contribution >= 4 is 17.7 Å². The van der Waals surface area contributed by atoms with Gasteiger partial charge in [-0.25, -0.2) is 4.79 Å². The Kier molecular flexibility index (Phi) is 3.66. The van der Waals surface area contributed by atoms with E-state index in [0.717, 1.165) is 31.3 Å². The van der Waals surface area contributed by atoms with Gasteiger partial charge in [-0.1, -0.05) is 27.7 Å². The van der Waals surface area contributed by atoms with Gasteiger partial charge in [0.1, 0.15) is 41.6 Å². The van der Waals surface area contributed by atoms with Crippen molar-refractivity contribution in [2.45, 2.75) is 100 Å². The number of rotatable bonds is 5. The van der Waals surface area contributed by atoms with Gasteiger partial charge in [-0.2, -0.15) is 0 Å². The number of hydrogen-bond donors (Lipinski definition) is 0. The highest BCUT2D eigenvalue weighted by Crippen LogP contribution is 2.83. The maximum atomic E-state index is 12.3. The molecular formula is C24H32O6S. The van der Waals surface area contributed by atoms with Crippen molar-refractivity contribution in [2.24, 2.45) is 17.3 Å². The average Bonchev–Trinajstić information content (AvgIpc) is 3.64. The van der Waals surface area contributed by atoms with E-state index in [4.69, 9.17) is 23.7 Å². The van der Waals surface area contributed by atoms with Gasteiger partial charge in [-0.3, -0.25) is 0 Å². The molecule has 170 valence electrons. The number of cyclic esters (lactones) is 1. The SMILES string of the molecule is CCC(O[C@H]1C23OC2C[C@H]2C4=C(CC[C@]2(C)[C@@]32O[C@H]2[C@@H]2O[C@@]21C(C)C)C(=O)OC4)SC. The topological polar surface area (TPSA) is 73.1 Å². The summed E-state index contributed by atoms with van der Waals surface area (Å²) in [5, 5.41) is 0. The van der Waals surface area contributed by atoms with Gasteiger partial charge in [0, 0.05) is 11.0 Å². The maximum Gasteiger partial charge on any atom is 0.334 e. The van der Waals surface area contributed by atoms with Crippen LogP contribution in [0.1, 0.15) is 53.4 Å². The molecule has 4 heterocycles. The fourth-order valence-electron chi connectivity index (χ4n) is 8.34. The van der Waals surface area contributed by atoms with Gasteiger partial charge in [-0.05, 0) is 49.3 Å². The molecule has 2 saturated carbocycles. The van der Waals surface area contributed by atoms with Crippen LogP contribution in [-0.4, -0.2) is 65.5 Å². The van der Waals surface area contributed by atoms with Crippen LogP contribution in [0.5, 0.6) is 0 Å². The molecule has 0 aromatic heterocycles. The number of epoxide rings is 3. The minimum absolute atomic E-state index is 0.0575. The maximum absolute atomic E-state index is 12.3. The van der Waals surface area contributed by atoms with Crippen molar-refractivity contribution in [3.8, 4) is 0 Å². The first-order valence-corrected chi connectivity index (χ1v) is 13.2. The van der Waals surface area contributed by atoms with Gasteiger partial charge in [0.25, 0.3) is 0 Å². The van der Waals surface area contributed by atoms with E-state index < -0.39 is 11.2 Å². The molecule has 0 bridgehead atoms. The largest absolute Gasteiger partial charge is 0.458 e. The first-order chi connectivity index (χ1) is 14.8. The Morgan fingerprint density at radius 2 is 2.03 bits per heavy atom. The summed E-state index contributed by atoms with van der Waals surface area (Å²) in [5.41, 5.74) is 0.984. The van der Waals surface area contributed by atoms with Crippen molar-refractivity contribution in [3.63, 3.8) is 0 Å². The van der Waals surface area contributed by atoms with Crippen LogP contribution in [0.2, 0.25) is 0 Å². The Labute approximate surface area is 187 Å². The summed E-state index contributed by atoms with van der Waals surface area (Å²) in [4.78, 5) is 12.3. The number of thioether (sulfide) groups is 1. The molecule has 10 atom stereocenters. The Balaban J connectivity index is 1.35. The van der Waals surface area contributed by atoms with Crippen molar-refractivity contribution in [2.75, 3.05) is 12.9 Å². The predicted molar refractivity (Wildman–Crippen MR) is 114 cm³/mol. The van der Waals surface area contributed by atoms with Crippen LogP contribution in [0.4, 0.5) is 0 Å². The number of hydrogen-bond acceptors (Lipinski definition) is 7. The smallest absolute Gasteiger partial charge is 0.334 e. The number of carbonyl (C=O) groups excluding carboxylic acids is 1. The fourth-order valence-corrected chi connectivity index (χ4v) is 8.90. The van der Waals surface area contributed by atoms with E-state index >= 15 is 0 Å². The lowest BCUT2D eigenvalue weighted by Gasteiger charge is -2.54. The van der Waals surface area contributed by atoms with Crippen LogP contribution in [-0.2, 0) is 28.5 Å². The van der Waals surface area contributed by atoms with E-state index in [2.05, 4.69) is 34.0 Å². The first kappa shape index (κ1) is 19.8. The summed E-state index contributed by atoms with van der Waals surface area (Å²) in [6.07, 6.45) is 5.76. The summed E-state index contributed by atoms with van der Waals surface area (Å²) in [6.45, 7) is 9.47. The zero-order valence-electron chi connectivity index (χ0n) is 18.9. The summed E-state index contributed by atoms with van der Waals surface area (Å²) in [6, 6.07) is 0. The Morgan fingerprint density at radius 1 is 1.23 bits per heavy atom. The summed E-state index contributed by atoms with van der Waals surface area (Å²) < 4.78 is 32.4. The molecule has 0 N–H and O–H groups in total. The van der Waals surface area contributed by atoms with Crippen molar-refractivity contribution < 1.29 is 28.5 Å². The molecule has 6 nitrogen and oxygen atoms in total. The zero-order chi connectivity index (χ0) is 21.6. The van der Waals surface area contributed by atoms with E-state index in [1.165, 1.54) is 5.57 Å². The lowest BCUT2D eigenvalue weighted by Crippen LogP contribution is -2.70. The molecule has 0 aromatic rings. The number of esters is 1. The Hall–Kier alpha value is -0.600. The second-order valence-corrected chi connectivity index (χ2v) is 12.1. The van der Waals surface area contributed by atoms with Gasteiger partial charge in [0.2, 0.25) is 0 Å². The molecule has 4 aliphatic heterocycles. The van der Waals surface area contributed by atoms with Crippen LogP contribution in [0.15, 0.2) is 11.1 Å². The van der Waals surface area contributed by atoms with Gasteiger partial charge < -0.3 is 23.7 Å². The van der Waals surface area contributed by atoms with E-state index in [9.17, 15) is 4.79 Å². The molecule has 3 unspecified atom stereocenters. The molecule has 7 rings (SSSR count). The number of fused-ring (bicyclic) bond motifs is 4. The van der Waals surface area contributed by atoms with Crippen molar-refractivity contribution in [1.82, 2.24) is 0 Å². The van der Waals surface area contributed by atoms with Crippen LogP contribution >= 0.6 is 11.8 Å². The van der Waals surface area contributed by atoms with E-state index in [0.29, 0.717) is 12.5 Å². The molecule has 0 amide bonds. The molecule has 31 heavy (non-hydrogen) atoms. The molecule has 7 aliphatic rings. The first-order valence-electron chi connectivity index (χ1n) is 11.9. The normalized spacial score (nSPS) is 55.9. The minimum Gasteiger partial charge on any atom is -0.458 e. The van der Waals surface area contributed by atoms with Gasteiger partial charge >= 0.3 is 5.97 Å². The van der Waals surface area contributed by atoms with Crippen LogP contribution in [0, 0.1) is 17.3 Å². The number of carbonyl (C=O) groups is 1. The van der Waals surface area contributed by atoms with E-state index in [-0.39, 0.29) is 52.8 Å². The Bertz CT molecular complexity index is 914. The monoisotopic (exact) mass is 448 g/mol. The minimum atomic E-state index is -0.440. The second kappa shape index (κ2) is 5.72. The molecule has 3 aliphatic carbocycles. The van der Waals surface area contributed by atoms with E-state index in [1.807, 2.05) is 0 Å². The highest BCUT2D eigenvalue weighted by atomic mass is 32.2. The Morgan fingerprint density at radius 3 is 2.74 bits per heavy atom. The third-order valence-electron chi connectivity index (χ3n) is 9.95. The lowest BCUT2D eigenvalue weighted by molar-refractivity contribution is -0.136. The summed E-state index contributed by atoms with van der Waals surface area (Å²) in [5.74, 6) is 0.480. The molecule has 5 fully saturated rings. The lowest BCUT2D eigenvalue weighted by atomic mass is 9.46. The molecular weight excluding hydrogens is 416 g/mol. The van der Waals surface area contributed by atoms with Gasteiger partial charge in [0.05, 0.1) is 6.10 Å². The molecule has 0 radical (unpaired) electrons. The van der Waals surface area contributed by atoms with Gasteiger partial charge in [0.15, 0.2) is 5.60 Å². The van der Waals surface area contributed by atoms with Crippen LogP contribution in [0.3, 0.4) is 0 Å². The second-order valence-electron chi connectivity index (χ2n) is 11.1. The third-order valence-corrected chi connectivity index (χ3v) is 10.9. The highest BCUT2D eigenvalue weighted by molar-refractivity contribution is 7.99. The van der Waals surface area contributed by atoms with Crippen LogP contribution in [0.25, 0.3) is 0 Å². The molecule has 0 aromatic carbocycles. The third kappa shape index (κ3) is 1.91. The predicted octanol–water partition coefficient (Wildman–Crippen LogP) is 3.23. The fraction of sp³-hybridized carbons (Fsp3) is 0.875. The zero-order valence-corrected chi connectivity index (χ0v) is 19.8. The van der Waals surface area contributed by atoms with Gasteiger partial charge in [-0.15, -0.1) is 11.8 Å². The molecule has 7 heteroatoms. The average molecular weight is 449 g/mol. The van der Waals surface area contributed by atoms with Crippen molar-refractivity contribution in [1.29, 1.82) is 0 Å². The highest BCUT2D eigenvalue weighted by Gasteiger charge is 3.00. The summed E-state index contributed by atoms with van der Waals surface area (Å²) >= 11 is 1.76. The molecule has 2 spiro atoms. The van der Waals surface area contributed by atoms with E-state index in [1.54, 1.807) is 11.8 Å². The number of ether oxygens (including phenoxy) is 5. The van der Waals surface area contributed by atoms with Crippen molar-refractivity contribution in [3.05, 3.63) is 11.1 Å². The quantitative estimate of drug-likeness (QED) is 0.363. The summed E-state index contributed by atoms with van der Waals surface area (Å²) in [7, 11) is 0. The van der Waals surface area contributed by atoms with Crippen LogP contribution < -0.4 is 0 Å².